The summed E-state index contributed by atoms with van der Waals surface area (Å²) in [5, 5.41) is 11.8. The Kier molecular flexibility index (Phi) is 5.02. The van der Waals surface area contributed by atoms with E-state index < -0.39 is 9.84 Å². The number of nitrogens with zero attached hydrogens (tertiary/aromatic N) is 1. The first-order valence-electron chi connectivity index (χ1n) is 6.66. The Hall–Kier alpha value is -2.52. The number of benzene rings is 2. The molecule has 0 aliphatic rings. The zero-order chi connectivity index (χ0) is 16.0. The van der Waals surface area contributed by atoms with E-state index in [0.717, 1.165) is 0 Å². The number of nitriles is 1. The minimum Gasteiger partial charge on any atom is -0.492 e. The second-order valence-electron chi connectivity index (χ2n) is 4.68. The zero-order valence-electron chi connectivity index (χ0n) is 12.1. The zero-order valence-corrected chi connectivity index (χ0v) is 12.9. The molecule has 0 atom stereocenters. The maximum absolute atomic E-state index is 11.7. The standard InChI is InChI=1S/C16H16N2O3S/c1-22(19,20)16-5-3-2-4-15(16)18-10-11-21-14-8-6-13(12-17)7-9-14/h2-9,18H,10-11H2,1H3. The maximum atomic E-state index is 11.7. The summed E-state index contributed by atoms with van der Waals surface area (Å²) in [4.78, 5) is 0.272. The minimum atomic E-state index is -3.26. The van der Waals surface area contributed by atoms with E-state index in [9.17, 15) is 8.42 Å². The van der Waals surface area contributed by atoms with Crippen molar-refractivity contribution in [2.24, 2.45) is 0 Å². The predicted octanol–water partition coefficient (Wildman–Crippen LogP) is 2.45. The lowest BCUT2D eigenvalue weighted by Gasteiger charge is -2.11. The van der Waals surface area contributed by atoms with Gasteiger partial charge in [0.15, 0.2) is 9.84 Å². The van der Waals surface area contributed by atoms with Gasteiger partial charge in [0.25, 0.3) is 0 Å². The van der Waals surface area contributed by atoms with Gasteiger partial charge in [-0.3, -0.25) is 0 Å². The molecule has 2 aromatic carbocycles. The van der Waals surface area contributed by atoms with Crippen LogP contribution >= 0.6 is 0 Å². The van der Waals surface area contributed by atoms with Crippen LogP contribution in [0.25, 0.3) is 0 Å². The number of para-hydroxylation sites is 1. The largest absolute Gasteiger partial charge is 0.492 e. The van der Waals surface area contributed by atoms with E-state index in [4.69, 9.17) is 10.00 Å². The molecular formula is C16H16N2O3S. The van der Waals surface area contributed by atoms with Crippen LogP contribution in [0.1, 0.15) is 5.56 Å². The molecular weight excluding hydrogens is 300 g/mol. The van der Waals surface area contributed by atoms with Crippen LogP contribution in [0.15, 0.2) is 53.4 Å². The Morgan fingerprint density at radius 1 is 1.14 bits per heavy atom. The first kappa shape index (κ1) is 15.9. The lowest BCUT2D eigenvalue weighted by molar-refractivity contribution is 0.333. The summed E-state index contributed by atoms with van der Waals surface area (Å²) in [7, 11) is -3.26. The van der Waals surface area contributed by atoms with Crippen molar-refractivity contribution in [3.63, 3.8) is 0 Å². The van der Waals surface area contributed by atoms with Gasteiger partial charge in [0.2, 0.25) is 0 Å². The van der Waals surface area contributed by atoms with Crippen molar-refractivity contribution in [1.82, 2.24) is 0 Å². The minimum absolute atomic E-state index is 0.272. The Morgan fingerprint density at radius 3 is 2.45 bits per heavy atom. The summed E-state index contributed by atoms with van der Waals surface area (Å²) in [5.41, 5.74) is 1.14. The molecule has 0 aliphatic carbocycles. The molecule has 0 bridgehead atoms. The SMILES string of the molecule is CS(=O)(=O)c1ccccc1NCCOc1ccc(C#N)cc1. The van der Waals surface area contributed by atoms with Gasteiger partial charge in [-0.1, -0.05) is 12.1 Å². The molecule has 2 rings (SSSR count). The number of sulfone groups is 1. The summed E-state index contributed by atoms with van der Waals surface area (Å²) in [6.07, 6.45) is 1.18. The predicted molar refractivity (Wildman–Crippen MR) is 84.7 cm³/mol. The van der Waals surface area contributed by atoms with Crippen molar-refractivity contribution < 1.29 is 13.2 Å². The number of rotatable bonds is 6. The molecule has 0 fully saturated rings. The number of hydrogen-bond acceptors (Lipinski definition) is 5. The highest BCUT2D eigenvalue weighted by Crippen LogP contribution is 2.20. The number of nitrogens with one attached hydrogen (secondary N) is 1. The molecule has 0 radical (unpaired) electrons. The van der Waals surface area contributed by atoms with Crippen molar-refractivity contribution in [2.45, 2.75) is 4.90 Å². The van der Waals surface area contributed by atoms with E-state index in [-0.39, 0.29) is 4.90 Å². The molecule has 0 saturated heterocycles. The molecule has 6 heteroatoms. The van der Waals surface area contributed by atoms with Gasteiger partial charge in [0, 0.05) is 12.8 Å². The lowest BCUT2D eigenvalue weighted by atomic mass is 10.2. The molecule has 5 nitrogen and oxygen atoms in total. The third-order valence-electron chi connectivity index (χ3n) is 2.96. The molecule has 0 saturated carbocycles. The van der Waals surface area contributed by atoms with E-state index in [1.807, 2.05) is 6.07 Å². The van der Waals surface area contributed by atoms with Crippen molar-refractivity contribution >= 4 is 15.5 Å². The fourth-order valence-corrected chi connectivity index (χ4v) is 2.78. The monoisotopic (exact) mass is 316 g/mol. The third kappa shape index (κ3) is 4.24. The van der Waals surface area contributed by atoms with Gasteiger partial charge in [0.1, 0.15) is 12.4 Å². The molecule has 22 heavy (non-hydrogen) atoms. The lowest BCUT2D eigenvalue weighted by Crippen LogP contribution is -2.13. The highest BCUT2D eigenvalue weighted by atomic mass is 32.2. The van der Waals surface area contributed by atoms with E-state index >= 15 is 0 Å². The molecule has 0 heterocycles. The van der Waals surface area contributed by atoms with Crippen LogP contribution in [0, 0.1) is 11.3 Å². The molecule has 0 aromatic heterocycles. The Bertz CT molecular complexity index is 778. The normalized spacial score (nSPS) is 10.7. The second kappa shape index (κ2) is 6.96. The number of ether oxygens (including phenoxy) is 1. The van der Waals surface area contributed by atoms with Crippen LogP contribution in [-0.2, 0) is 9.84 Å². The van der Waals surface area contributed by atoms with Gasteiger partial charge < -0.3 is 10.1 Å². The van der Waals surface area contributed by atoms with Crippen LogP contribution in [0.2, 0.25) is 0 Å². The quantitative estimate of drug-likeness (QED) is 0.828. The van der Waals surface area contributed by atoms with Crippen molar-refractivity contribution in [1.29, 1.82) is 5.26 Å². The van der Waals surface area contributed by atoms with Crippen LogP contribution in [0.3, 0.4) is 0 Å². The molecule has 0 amide bonds. The first-order chi connectivity index (χ1) is 10.5. The van der Waals surface area contributed by atoms with E-state index in [1.165, 1.54) is 6.26 Å². The van der Waals surface area contributed by atoms with Crippen molar-refractivity contribution in [3.05, 3.63) is 54.1 Å². The van der Waals surface area contributed by atoms with Crippen molar-refractivity contribution in [2.75, 3.05) is 24.7 Å². The van der Waals surface area contributed by atoms with Gasteiger partial charge in [0.05, 0.1) is 22.2 Å². The first-order valence-corrected chi connectivity index (χ1v) is 8.56. The van der Waals surface area contributed by atoms with Gasteiger partial charge in [-0.2, -0.15) is 5.26 Å². The second-order valence-corrected chi connectivity index (χ2v) is 6.66. The van der Waals surface area contributed by atoms with Gasteiger partial charge in [-0.05, 0) is 36.4 Å². The van der Waals surface area contributed by atoms with Crippen LogP contribution in [0.4, 0.5) is 5.69 Å². The Labute approximate surface area is 130 Å². The molecule has 1 N–H and O–H groups in total. The number of anilines is 1. The van der Waals surface area contributed by atoms with Crippen LogP contribution in [-0.4, -0.2) is 27.8 Å². The average molecular weight is 316 g/mol. The topological polar surface area (TPSA) is 79.2 Å². The highest BCUT2D eigenvalue weighted by molar-refractivity contribution is 7.90. The highest BCUT2D eigenvalue weighted by Gasteiger charge is 2.11. The summed E-state index contributed by atoms with van der Waals surface area (Å²) in [6.45, 7) is 0.844. The van der Waals surface area contributed by atoms with E-state index in [2.05, 4.69) is 5.32 Å². The average Bonchev–Trinajstić information content (AvgIpc) is 2.51. The maximum Gasteiger partial charge on any atom is 0.177 e. The van der Waals surface area contributed by atoms with Gasteiger partial charge >= 0.3 is 0 Å². The van der Waals surface area contributed by atoms with Crippen LogP contribution in [0.5, 0.6) is 5.75 Å². The number of hydrogen-bond donors (Lipinski definition) is 1. The molecule has 0 unspecified atom stereocenters. The summed E-state index contributed by atoms with van der Waals surface area (Å²) in [6, 6.07) is 15.6. The molecule has 0 aliphatic heterocycles. The van der Waals surface area contributed by atoms with E-state index in [0.29, 0.717) is 30.2 Å². The smallest absolute Gasteiger partial charge is 0.177 e. The molecule has 2 aromatic rings. The fourth-order valence-electron chi connectivity index (χ4n) is 1.92. The summed E-state index contributed by atoms with van der Waals surface area (Å²) >= 11 is 0. The van der Waals surface area contributed by atoms with E-state index in [1.54, 1.807) is 48.5 Å². The summed E-state index contributed by atoms with van der Waals surface area (Å²) in [5.74, 6) is 0.664. The summed E-state index contributed by atoms with van der Waals surface area (Å²) < 4.78 is 28.9. The molecule has 114 valence electrons. The third-order valence-corrected chi connectivity index (χ3v) is 4.11. The van der Waals surface area contributed by atoms with Gasteiger partial charge in [-0.25, -0.2) is 8.42 Å². The Morgan fingerprint density at radius 2 is 1.82 bits per heavy atom. The van der Waals surface area contributed by atoms with Crippen LogP contribution < -0.4 is 10.1 Å². The van der Waals surface area contributed by atoms with Crippen molar-refractivity contribution in [3.8, 4) is 11.8 Å². The van der Waals surface area contributed by atoms with Gasteiger partial charge in [-0.15, -0.1) is 0 Å². The molecule has 0 spiro atoms. The fraction of sp³-hybridized carbons (Fsp3) is 0.188. The Balaban J connectivity index is 1.91.